The number of aryl methyl sites for hydroxylation is 1. The minimum Gasteiger partial charge on any atom is -0.421 e. The SMILES string of the molecule is Cc1nnc(-c2cn(CC(=O)NCCc3ccccc3)c3ccccc23)o1. The van der Waals surface area contributed by atoms with Gasteiger partial charge in [0.25, 0.3) is 0 Å². The second kappa shape index (κ2) is 7.45. The Hall–Kier alpha value is -3.41. The van der Waals surface area contributed by atoms with E-state index in [2.05, 4.69) is 27.6 Å². The number of nitrogens with one attached hydrogen (secondary N) is 1. The fraction of sp³-hybridized carbons (Fsp3) is 0.190. The first kappa shape index (κ1) is 17.0. The van der Waals surface area contributed by atoms with Gasteiger partial charge in [0.2, 0.25) is 17.7 Å². The number of para-hydroxylation sites is 1. The number of nitrogens with zero attached hydrogens (tertiary/aromatic N) is 3. The summed E-state index contributed by atoms with van der Waals surface area (Å²) in [4.78, 5) is 12.4. The van der Waals surface area contributed by atoms with Crippen LogP contribution in [-0.4, -0.2) is 27.2 Å². The number of carbonyl (C=O) groups is 1. The van der Waals surface area contributed by atoms with Crippen LogP contribution in [0.2, 0.25) is 0 Å². The van der Waals surface area contributed by atoms with Crippen molar-refractivity contribution in [1.29, 1.82) is 0 Å². The summed E-state index contributed by atoms with van der Waals surface area (Å²) in [5, 5.41) is 12.0. The van der Waals surface area contributed by atoms with E-state index in [1.165, 1.54) is 5.56 Å². The Labute approximate surface area is 156 Å². The van der Waals surface area contributed by atoms with Gasteiger partial charge in [-0.25, -0.2) is 0 Å². The Kier molecular flexibility index (Phi) is 4.70. The molecule has 0 unspecified atom stereocenters. The standard InChI is InChI=1S/C21H20N4O2/c1-15-23-24-21(27-15)18-13-25(19-10-6-5-9-17(18)19)14-20(26)22-12-11-16-7-3-2-4-8-16/h2-10,13H,11-12,14H2,1H3,(H,22,26). The van der Waals surface area contributed by atoms with Gasteiger partial charge in [-0.2, -0.15) is 0 Å². The summed E-state index contributed by atoms with van der Waals surface area (Å²) in [6, 6.07) is 18.0. The minimum atomic E-state index is -0.0278. The predicted octanol–water partition coefficient (Wildman–Crippen LogP) is 3.36. The van der Waals surface area contributed by atoms with Crippen molar-refractivity contribution in [3.63, 3.8) is 0 Å². The lowest BCUT2D eigenvalue weighted by molar-refractivity contribution is -0.121. The topological polar surface area (TPSA) is 73.0 Å². The average molecular weight is 360 g/mol. The van der Waals surface area contributed by atoms with E-state index in [9.17, 15) is 4.79 Å². The van der Waals surface area contributed by atoms with Crippen LogP contribution in [0.1, 0.15) is 11.5 Å². The Bertz CT molecular complexity index is 1070. The maximum absolute atomic E-state index is 12.4. The number of aromatic nitrogens is 3. The van der Waals surface area contributed by atoms with Crippen LogP contribution in [-0.2, 0) is 17.8 Å². The van der Waals surface area contributed by atoms with Gasteiger partial charge in [0, 0.05) is 30.6 Å². The number of fused-ring (bicyclic) bond motifs is 1. The van der Waals surface area contributed by atoms with E-state index >= 15 is 0 Å². The van der Waals surface area contributed by atoms with Crippen LogP contribution in [0.25, 0.3) is 22.4 Å². The zero-order valence-electron chi connectivity index (χ0n) is 15.1. The van der Waals surface area contributed by atoms with E-state index in [-0.39, 0.29) is 12.5 Å². The molecule has 4 rings (SSSR count). The maximum atomic E-state index is 12.4. The van der Waals surface area contributed by atoms with Crippen molar-refractivity contribution in [3.05, 3.63) is 72.2 Å². The lowest BCUT2D eigenvalue weighted by Crippen LogP contribution is -2.29. The Morgan fingerprint density at radius 1 is 1.07 bits per heavy atom. The molecule has 1 amide bonds. The average Bonchev–Trinajstić information content (AvgIpc) is 3.27. The van der Waals surface area contributed by atoms with Crippen molar-refractivity contribution in [1.82, 2.24) is 20.1 Å². The van der Waals surface area contributed by atoms with Crippen LogP contribution in [0.3, 0.4) is 0 Å². The molecule has 0 spiro atoms. The smallest absolute Gasteiger partial charge is 0.249 e. The molecule has 0 aliphatic carbocycles. The molecule has 2 aromatic carbocycles. The van der Waals surface area contributed by atoms with Crippen LogP contribution >= 0.6 is 0 Å². The molecular weight excluding hydrogens is 340 g/mol. The number of hydrogen-bond donors (Lipinski definition) is 1. The van der Waals surface area contributed by atoms with Gasteiger partial charge in [0.15, 0.2) is 0 Å². The first-order chi connectivity index (χ1) is 13.2. The highest BCUT2D eigenvalue weighted by Crippen LogP contribution is 2.29. The lowest BCUT2D eigenvalue weighted by atomic mass is 10.1. The Balaban J connectivity index is 1.49. The second-order valence-corrected chi connectivity index (χ2v) is 6.40. The Morgan fingerprint density at radius 2 is 1.85 bits per heavy atom. The molecule has 0 bridgehead atoms. The summed E-state index contributed by atoms with van der Waals surface area (Å²) < 4.78 is 7.49. The highest BCUT2D eigenvalue weighted by molar-refractivity contribution is 5.94. The third-order valence-corrected chi connectivity index (χ3v) is 4.44. The molecule has 2 heterocycles. The molecule has 0 aliphatic rings. The summed E-state index contributed by atoms with van der Waals surface area (Å²) in [6.45, 7) is 2.61. The fourth-order valence-corrected chi connectivity index (χ4v) is 3.15. The van der Waals surface area contributed by atoms with Crippen LogP contribution in [0, 0.1) is 6.92 Å². The van der Waals surface area contributed by atoms with Crippen LogP contribution in [0.5, 0.6) is 0 Å². The van der Waals surface area contributed by atoms with Crippen LogP contribution < -0.4 is 5.32 Å². The minimum absolute atomic E-state index is 0.0278. The fourth-order valence-electron chi connectivity index (χ4n) is 3.15. The van der Waals surface area contributed by atoms with Crippen molar-refractivity contribution < 1.29 is 9.21 Å². The van der Waals surface area contributed by atoms with Gasteiger partial charge in [-0.15, -0.1) is 10.2 Å². The monoisotopic (exact) mass is 360 g/mol. The van der Waals surface area contributed by atoms with E-state index in [4.69, 9.17) is 4.42 Å². The molecule has 1 N–H and O–H groups in total. The summed E-state index contributed by atoms with van der Waals surface area (Å²) in [5.74, 6) is 0.951. The molecule has 0 saturated carbocycles. The van der Waals surface area contributed by atoms with Gasteiger partial charge in [0.1, 0.15) is 6.54 Å². The molecule has 6 heteroatoms. The predicted molar refractivity (Wildman–Crippen MR) is 103 cm³/mol. The van der Waals surface area contributed by atoms with E-state index in [1.807, 2.05) is 53.2 Å². The van der Waals surface area contributed by atoms with Crippen molar-refractivity contribution in [3.8, 4) is 11.5 Å². The summed E-state index contributed by atoms with van der Waals surface area (Å²) >= 11 is 0. The second-order valence-electron chi connectivity index (χ2n) is 6.40. The van der Waals surface area contributed by atoms with Crippen molar-refractivity contribution in [2.75, 3.05) is 6.54 Å². The van der Waals surface area contributed by atoms with Crippen LogP contribution in [0.15, 0.2) is 65.2 Å². The third-order valence-electron chi connectivity index (χ3n) is 4.44. The molecule has 0 aliphatic heterocycles. The van der Waals surface area contributed by atoms with Crippen molar-refractivity contribution in [2.24, 2.45) is 0 Å². The van der Waals surface area contributed by atoms with E-state index in [1.54, 1.807) is 6.92 Å². The quantitative estimate of drug-likeness (QED) is 0.572. The molecule has 2 aromatic heterocycles. The van der Waals surface area contributed by atoms with Gasteiger partial charge in [-0.3, -0.25) is 4.79 Å². The third kappa shape index (κ3) is 3.74. The molecular formula is C21H20N4O2. The number of rotatable bonds is 6. The molecule has 4 aromatic rings. The summed E-state index contributed by atoms with van der Waals surface area (Å²) in [5.41, 5.74) is 3.00. The first-order valence-electron chi connectivity index (χ1n) is 8.89. The highest BCUT2D eigenvalue weighted by atomic mass is 16.4. The summed E-state index contributed by atoms with van der Waals surface area (Å²) in [7, 11) is 0. The summed E-state index contributed by atoms with van der Waals surface area (Å²) in [6.07, 6.45) is 2.71. The Morgan fingerprint density at radius 3 is 2.63 bits per heavy atom. The van der Waals surface area contributed by atoms with Gasteiger partial charge in [-0.05, 0) is 18.1 Å². The van der Waals surface area contributed by atoms with Gasteiger partial charge < -0.3 is 14.3 Å². The number of carbonyl (C=O) groups excluding carboxylic acids is 1. The number of hydrogen-bond acceptors (Lipinski definition) is 4. The van der Waals surface area contributed by atoms with E-state index < -0.39 is 0 Å². The molecule has 0 saturated heterocycles. The molecule has 0 fully saturated rings. The molecule has 6 nitrogen and oxygen atoms in total. The molecule has 136 valence electrons. The first-order valence-corrected chi connectivity index (χ1v) is 8.89. The van der Waals surface area contributed by atoms with Crippen LogP contribution in [0.4, 0.5) is 0 Å². The lowest BCUT2D eigenvalue weighted by Gasteiger charge is -2.07. The molecule has 0 radical (unpaired) electrons. The van der Waals surface area contributed by atoms with Gasteiger partial charge >= 0.3 is 0 Å². The normalized spacial score (nSPS) is 11.0. The van der Waals surface area contributed by atoms with E-state index in [0.29, 0.717) is 18.3 Å². The largest absolute Gasteiger partial charge is 0.421 e. The maximum Gasteiger partial charge on any atom is 0.249 e. The highest BCUT2D eigenvalue weighted by Gasteiger charge is 2.16. The van der Waals surface area contributed by atoms with Gasteiger partial charge in [-0.1, -0.05) is 48.5 Å². The zero-order valence-corrected chi connectivity index (χ0v) is 15.1. The van der Waals surface area contributed by atoms with Crippen molar-refractivity contribution >= 4 is 16.8 Å². The molecule has 0 atom stereocenters. The van der Waals surface area contributed by atoms with Crippen molar-refractivity contribution in [2.45, 2.75) is 19.9 Å². The van der Waals surface area contributed by atoms with Gasteiger partial charge in [0.05, 0.1) is 5.56 Å². The number of benzene rings is 2. The molecule has 27 heavy (non-hydrogen) atoms. The number of amides is 1. The zero-order chi connectivity index (χ0) is 18.6. The van der Waals surface area contributed by atoms with E-state index in [0.717, 1.165) is 22.9 Å².